The monoisotopic (exact) mass is 318 g/mol. The molecular weight excluding hydrogens is 304 g/mol. The number of nitrogens with zero attached hydrogens (tertiary/aromatic N) is 4. The van der Waals surface area contributed by atoms with Crippen LogP contribution in [-0.4, -0.2) is 53.5 Å². The summed E-state index contributed by atoms with van der Waals surface area (Å²) in [6.45, 7) is -0.274. The van der Waals surface area contributed by atoms with Crippen molar-refractivity contribution in [2.45, 2.75) is 24.9 Å². The zero-order chi connectivity index (χ0) is 16.1. The molecule has 0 unspecified atom stereocenters. The number of aromatic amines is 1. The van der Waals surface area contributed by atoms with Gasteiger partial charge >= 0.3 is 5.69 Å². The first-order valence-electron chi connectivity index (χ1n) is 7.04. The van der Waals surface area contributed by atoms with E-state index in [-0.39, 0.29) is 12.4 Å². The smallest absolute Gasteiger partial charge is 0.346 e. The average Bonchev–Trinajstić information content (AvgIpc) is 3.11. The lowest BCUT2D eigenvalue weighted by molar-refractivity contribution is -0.0430. The van der Waals surface area contributed by atoms with E-state index in [4.69, 9.17) is 10.5 Å². The van der Waals surface area contributed by atoms with E-state index in [1.807, 2.05) is 0 Å². The summed E-state index contributed by atoms with van der Waals surface area (Å²) in [6.07, 6.45) is 1.30. The Labute approximate surface area is 128 Å². The molecule has 3 atom stereocenters. The summed E-state index contributed by atoms with van der Waals surface area (Å²) in [5.74, 6) is 0.172. The van der Waals surface area contributed by atoms with E-state index in [2.05, 4.69) is 19.9 Å². The normalized spacial score (nSPS) is 24.7. The van der Waals surface area contributed by atoms with Crippen molar-refractivity contribution in [3.05, 3.63) is 23.0 Å². The van der Waals surface area contributed by atoms with Gasteiger partial charge in [-0.25, -0.2) is 19.7 Å². The minimum atomic E-state index is -0.772. The van der Waals surface area contributed by atoms with Crippen molar-refractivity contribution in [1.29, 1.82) is 0 Å². The maximum Gasteiger partial charge on any atom is 0.346 e. The number of anilines is 1. The Morgan fingerprint density at radius 1 is 1.48 bits per heavy atom. The summed E-state index contributed by atoms with van der Waals surface area (Å²) in [7, 11) is 0. The molecule has 0 saturated carbocycles. The number of nitrogen functional groups attached to an aromatic ring is 1. The summed E-state index contributed by atoms with van der Waals surface area (Å²) in [5.41, 5.74) is 6.74. The van der Waals surface area contributed by atoms with Crippen LogP contribution in [0.4, 0.5) is 5.82 Å². The van der Waals surface area contributed by atoms with Gasteiger partial charge in [0, 0.05) is 12.6 Å². The number of aliphatic hydroxyl groups excluding tert-OH is 2. The van der Waals surface area contributed by atoms with E-state index < -0.39 is 24.1 Å². The zero-order valence-corrected chi connectivity index (χ0v) is 11.9. The Hall–Kier alpha value is -2.56. The molecule has 0 amide bonds. The summed E-state index contributed by atoms with van der Waals surface area (Å²) >= 11 is 0. The Morgan fingerprint density at radius 2 is 2.30 bits per heavy atom. The number of rotatable bonds is 2. The highest BCUT2D eigenvalue weighted by molar-refractivity contribution is 6.04. The van der Waals surface area contributed by atoms with Crippen LogP contribution in [-0.2, 0) is 4.74 Å². The van der Waals surface area contributed by atoms with Crippen LogP contribution in [0.2, 0.25) is 0 Å². The van der Waals surface area contributed by atoms with Gasteiger partial charge in [0.1, 0.15) is 23.5 Å². The summed E-state index contributed by atoms with van der Waals surface area (Å²) in [6, 6.07) is 0. The van der Waals surface area contributed by atoms with Gasteiger partial charge in [-0.05, 0) is 0 Å². The maximum atomic E-state index is 11.4. The third-order valence-electron chi connectivity index (χ3n) is 4.01. The van der Waals surface area contributed by atoms with Crippen LogP contribution in [0.5, 0.6) is 0 Å². The number of imidazole rings is 1. The quantitative estimate of drug-likeness (QED) is 0.464. The molecule has 23 heavy (non-hydrogen) atoms. The molecule has 1 aliphatic rings. The van der Waals surface area contributed by atoms with Crippen molar-refractivity contribution in [2.75, 3.05) is 12.3 Å². The minimum Gasteiger partial charge on any atom is -0.394 e. The molecule has 3 aromatic heterocycles. The molecular formula is C13H14N6O4. The average molecular weight is 318 g/mol. The third-order valence-corrected chi connectivity index (χ3v) is 4.01. The lowest BCUT2D eigenvalue weighted by Crippen LogP contribution is -2.24. The van der Waals surface area contributed by atoms with Crippen LogP contribution in [0.1, 0.15) is 12.6 Å². The van der Waals surface area contributed by atoms with Crippen LogP contribution in [0.25, 0.3) is 22.1 Å². The fraction of sp³-hybridized carbons (Fsp3) is 0.385. The van der Waals surface area contributed by atoms with E-state index >= 15 is 0 Å². The number of nitrogens with one attached hydrogen (secondary N) is 1. The van der Waals surface area contributed by atoms with Crippen molar-refractivity contribution in [3.63, 3.8) is 0 Å². The van der Waals surface area contributed by atoms with Crippen molar-refractivity contribution in [3.8, 4) is 0 Å². The summed E-state index contributed by atoms with van der Waals surface area (Å²) < 4.78 is 7.36. The van der Waals surface area contributed by atoms with E-state index in [0.717, 1.165) is 0 Å². The van der Waals surface area contributed by atoms with Gasteiger partial charge in [0.05, 0.1) is 29.9 Å². The van der Waals surface area contributed by atoms with Crippen molar-refractivity contribution >= 4 is 27.9 Å². The standard InChI is InChI=1S/C13H14N6O4/c14-11-9-10(5-2-15-13(22)18-12(5)17-11)19(4-16-9)8-1-6(21)7(3-20)23-8/h2,4,6-8,20-21H,1,3H2,(H3,14,15,17,18,22)/t6-,7+,8+/m0/s1. The highest BCUT2D eigenvalue weighted by Crippen LogP contribution is 2.34. The van der Waals surface area contributed by atoms with Gasteiger partial charge in [-0.2, -0.15) is 0 Å². The van der Waals surface area contributed by atoms with E-state index in [1.54, 1.807) is 4.57 Å². The largest absolute Gasteiger partial charge is 0.394 e. The van der Waals surface area contributed by atoms with Gasteiger partial charge in [-0.3, -0.25) is 4.98 Å². The lowest BCUT2D eigenvalue weighted by atomic mass is 10.2. The molecule has 10 nitrogen and oxygen atoms in total. The number of nitrogens with two attached hydrogens (primary N) is 1. The molecule has 0 bridgehead atoms. The van der Waals surface area contributed by atoms with Crippen LogP contribution in [0, 0.1) is 0 Å². The number of H-pyrrole nitrogens is 1. The van der Waals surface area contributed by atoms with Crippen LogP contribution < -0.4 is 11.4 Å². The molecule has 4 heterocycles. The van der Waals surface area contributed by atoms with Gasteiger partial charge in [0.15, 0.2) is 5.82 Å². The van der Waals surface area contributed by atoms with E-state index in [0.29, 0.717) is 28.5 Å². The molecule has 4 rings (SSSR count). The fourth-order valence-corrected chi connectivity index (χ4v) is 2.90. The minimum absolute atomic E-state index is 0.172. The van der Waals surface area contributed by atoms with Gasteiger partial charge in [-0.1, -0.05) is 0 Å². The Morgan fingerprint density at radius 3 is 3.04 bits per heavy atom. The fourth-order valence-electron chi connectivity index (χ4n) is 2.90. The molecule has 0 spiro atoms. The molecule has 1 fully saturated rings. The van der Waals surface area contributed by atoms with Crippen molar-refractivity contribution in [2.24, 2.45) is 0 Å². The molecule has 1 aliphatic heterocycles. The topological polar surface area (TPSA) is 152 Å². The zero-order valence-electron chi connectivity index (χ0n) is 11.9. The van der Waals surface area contributed by atoms with Gasteiger partial charge in [0.25, 0.3) is 0 Å². The second kappa shape index (κ2) is 4.98. The van der Waals surface area contributed by atoms with Crippen molar-refractivity contribution < 1.29 is 14.9 Å². The first-order valence-corrected chi connectivity index (χ1v) is 7.04. The Kier molecular flexibility index (Phi) is 3.04. The van der Waals surface area contributed by atoms with Gasteiger partial charge in [-0.15, -0.1) is 0 Å². The SMILES string of the molecule is Nc1nc2[nH]c(=O)ncc2c2c1ncn2[C@H]1C[C@H](O)[C@@H](CO)O1. The van der Waals surface area contributed by atoms with Gasteiger partial charge < -0.3 is 25.3 Å². The Balaban J connectivity index is 1.95. The molecule has 3 aromatic rings. The van der Waals surface area contributed by atoms with Crippen LogP contribution >= 0.6 is 0 Å². The molecule has 0 aliphatic carbocycles. The molecule has 0 radical (unpaired) electrons. The molecule has 1 saturated heterocycles. The van der Waals surface area contributed by atoms with Gasteiger partial charge in [0.2, 0.25) is 0 Å². The molecule has 5 N–H and O–H groups in total. The van der Waals surface area contributed by atoms with E-state index in [9.17, 15) is 15.0 Å². The second-order valence-electron chi connectivity index (χ2n) is 5.41. The number of hydrogen-bond acceptors (Lipinski definition) is 8. The number of aliphatic hydroxyl groups is 2. The van der Waals surface area contributed by atoms with Crippen LogP contribution in [0.3, 0.4) is 0 Å². The first-order chi connectivity index (χ1) is 11.1. The number of fused-ring (bicyclic) bond motifs is 3. The van der Waals surface area contributed by atoms with Crippen LogP contribution in [0.15, 0.2) is 17.3 Å². The second-order valence-corrected chi connectivity index (χ2v) is 5.41. The van der Waals surface area contributed by atoms with E-state index in [1.165, 1.54) is 12.5 Å². The van der Waals surface area contributed by atoms with Crippen molar-refractivity contribution in [1.82, 2.24) is 24.5 Å². The number of hydrogen-bond donors (Lipinski definition) is 4. The summed E-state index contributed by atoms with van der Waals surface area (Å²) in [4.78, 5) is 26.0. The predicted molar refractivity (Wildman–Crippen MR) is 79.5 cm³/mol. The Bertz CT molecular complexity index is 951. The number of aromatic nitrogens is 5. The molecule has 10 heteroatoms. The molecule has 120 valence electrons. The first kappa shape index (κ1) is 14.1. The maximum absolute atomic E-state index is 11.4. The number of pyridine rings is 1. The molecule has 0 aromatic carbocycles. The summed E-state index contributed by atoms with van der Waals surface area (Å²) in [5, 5.41) is 19.7. The lowest BCUT2D eigenvalue weighted by Gasteiger charge is -2.15. The number of ether oxygens (including phenoxy) is 1. The highest BCUT2D eigenvalue weighted by Gasteiger charge is 2.35. The highest BCUT2D eigenvalue weighted by atomic mass is 16.5. The predicted octanol–water partition coefficient (Wildman–Crippen LogP) is -1.11. The third kappa shape index (κ3) is 2.07.